The van der Waals surface area contributed by atoms with Gasteiger partial charge in [0.25, 0.3) is 0 Å². The van der Waals surface area contributed by atoms with Crippen LogP contribution in [0, 0.1) is 5.41 Å². The highest BCUT2D eigenvalue weighted by atomic mass is 35.5. The highest BCUT2D eigenvalue weighted by Crippen LogP contribution is 2.64. The Morgan fingerprint density at radius 2 is 1.93 bits per heavy atom. The van der Waals surface area contributed by atoms with Gasteiger partial charge in [0.2, 0.25) is 0 Å². The summed E-state index contributed by atoms with van der Waals surface area (Å²) < 4.78 is 4.23. The van der Waals surface area contributed by atoms with E-state index in [0.29, 0.717) is 13.0 Å². The molecule has 1 rings (SSSR count). The molecule has 0 aliphatic heterocycles. The molecule has 0 amide bonds. The minimum Gasteiger partial charge on any atom is -0.465 e. The van der Waals surface area contributed by atoms with Crippen LogP contribution < -0.4 is 0 Å². The van der Waals surface area contributed by atoms with Crippen LogP contribution in [0.1, 0.15) is 46.0 Å². The third-order valence-corrected chi connectivity index (χ3v) is 4.04. The normalized spacial score (nSPS) is 27.5. The maximum atomic E-state index is 11.6. The molecule has 2 nitrogen and oxygen atoms in total. The van der Waals surface area contributed by atoms with Crippen LogP contribution in [0.2, 0.25) is 0 Å². The van der Waals surface area contributed by atoms with Crippen LogP contribution in [0.5, 0.6) is 0 Å². The Labute approximate surface area is 101 Å². The van der Waals surface area contributed by atoms with Gasteiger partial charge in [0, 0.05) is 6.42 Å². The lowest BCUT2D eigenvalue weighted by atomic mass is 10.1. The SMILES string of the molecule is CCCCCCOC(=O)C1(C)CC1(Cl)Cl. The summed E-state index contributed by atoms with van der Waals surface area (Å²) in [5.74, 6) is -0.260. The van der Waals surface area contributed by atoms with Crippen LogP contribution in [0.3, 0.4) is 0 Å². The first-order valence-electron chi connectivity index (χ1n) is 5.49. The molecule has 0 aromatic carbocycles. The molecule has 4 heteroatoms. The number of esters is 1. The third-order valence-electron chi connectivity index (χ3n) is 2.94. The molecular weight excluding hydrogens is 235 g/mol. The molecule has 1 aliphatic carbocycles. The quantitative estimate of drug-likeness (QED) is 0.410. The molecule has 1 aliphatic rings. The fourth-order valence-corrected chi connectivity index (χ4v) is 2.16. The predicted octanol–water partition coefficient (Wildman–Crippen LogP) is 3.69. The molecule has 1 unspecified atom stereocenters. The van der Waals surface area contributed by atoms with E-state index in [2.05, 4.69) is 6.92 Å². The van der Waals surface area contributed by atoms with Crippen molar-refractivity contribution in [3.8, 4) is 0 Å². The second-order valence-corrected chi connectivity index (χ2v) is 5.89. The van der Waals surface area contributed by atoms with Crippen LogP contribution in [-0.2, 0) is 9.53 Å². The number of carbonyl (C=O) groups is 1. The number of unbranched alkanes of at least 4 members (excludes halogenated alkanes) is 3. The molecule has 0 aromatic rings. The van der Waals surface area contributed by atoms with Gasteiger partial charge in [-0.1, -0.05) is 26.2 Å². The van der Waals surface area contributed by atoms with Gasteiger partial charge in [0.05, 0.1) is 6.61 Å². The van der Waals surface area contributed by atoms with E-state index in [4.69, 9.17) is 27.9 Å². The zero-order valence-corrected chi connectivity index (χ0v) is 10.8. The van der Waals surface area contributed by atoms with Crippen LogP contribution in [0.4, 0.5) is 0 Å². The summed E-state index contributed by atoms with van der Waals surface area (Å²) in [6, 6.07) is 0. The number of carbonyl (C=O) groups excluding carboxylic acids is 1. The van der Waals surface area contributed by atoms with E-state index in [-0.39, 0.29) is 5.97 Å². The molecule has 0 aromatic heterocycles. The Kier molecular flexibility index (Phi) is 4.30. The van der Waals surface area contributed by atoms with E-state index in [1.54, 1.807) is 6.92 Å². The van der Waals surface area contributed by atoms with Gasteiger partial charge in [-0.3, -0.25) is 4.79 Å². The molecule has 0 radical (unpaired) electrons. The van der Waals surface area contributed by atoms with Gasteiger partial charge in [-0.2, -0.15) is 0 Å². The zero-order valence-electron chi connectivity index (χ0n) is 9.32. The van der Waals surface area contributed by atoms with E-state index in [9.17, 15) is 4.79 Å². The Hall–Kier alpha value is 0.0500. The van der Waals surface area contributed by atoms with Crippen molar-refractivity contribution in [3.05, 3.63) is 0 Å². The monoisotopic (exact) mass is 252 g/mol. The number of hydrogen-bond donors (Lipinski definition) is 0. The van der Waals surface area contributed by atoms with Crippen molar-refractivity contribution in [1.82, 2.24) is 0 Å². The van der Waals surface area contributed by atoms with Gasteiger partial charge < -0.3 is 4.74 Å². The molecular formula is C11H18Cl2O2. The molecule has 0 N–H and O–H groups in total. The fourth-order valence-electron chi connectivity index (χ4n) is 1.47. The lowest BCUT2D eigenvalue weighted by Crippen LogP contribution is -2.21. The summed E-state index contributed by atoms with van der Waals surface area (Å²) in [5.41, 5.74) is -0.680. The molecule has 0 spiro atoms. The maximum Gasteiger partial charge on any atom is 0.314 e. The van der Waals surface area contributed by atoms with Crippen molar-refractivity contribution >= 4 is 29.2 Å². The van der Waals surface area contributed by atoms with Crippen molar-refractivity contribution < 1.29 is 9.53 Å². The highest BCUT2D eigenvalue weighted by molar-refractivity contribution is 6.53. The Morgan fingerprint density at radius 1 is 1.33 bits per heavy atom. The van der Waals surface area contributed by atoms with Crippen LogP contribution in [0.15, 0.2) is 0 Å². The Bertz CT molecular complexity index is 241. The van der Waals surface area contributed by atoms with Crippen molar-refractivity contribution in [2.75, 3.05) is 6.61 Å². The topological polar surface area (TPSA) is 26.3 Å². The summed E-state index contributed by atoms with van der Waals surface area (Å²) >= 11 is 11.7. The summed E-state index contributed by atoms with van der Waals surface area (Å²) in [6.45, 7) is 4.38. The minimum atomic E-state index is -0.909. The first kappa shape index (κ1) is 13.1. The summed E-state index contributed by atoms with van der Waals surface area (Å²) in [5, 5.41) is 0. The first-order chi connectivity index (χ1) is 6.94. The Morgan fingerprint density at radius 3 is 2.40 bits per heavy atom. The van der Waals surface area contributed by atoms with Gasteiger partial charge in [0.1, 0.15) is 9.75 Å². The van der Waals surface area contributed by atoms with Gasteiger partial charge in [-0.05, 0) is 13.3 Å². The lowest BCUT2D eigenvalue weighted by molar-refractivity contribution is -0.149. The maximum absolute atomic E-state index is 11.6. The van der Waals surface area contributed by atoms with Crippen LogP contribution >= 0.6 is 23.2 Å². The minimum absolute atomic E-state index is 0.260. The summed E-state index contributed by atoms with van der Waals surface area (Å²) in [7, 11) is 0. The first-order valence-corrected chi connectivity index (χ1v) is 6.25. The lowest BCUT2D eigenvalue weighted by Gasteiger charge is -2.11. The highest BCUT2D eigenvalue weighted by Gasteiger charge is 2.69. The van der Waals surface area contributed by atoms with E-state index < -0.39 is 9.75 Å². The van der Waals surface area contributed by atoms with Gasteiger partial charge in [-0.15, -0.1) is 23.2 Å². The van der Waals surface area contributed by atoms with Crippen molar-refractivity contribution in [2.24, 2.45) is 5.41 Å². The summed E-state index contributed by atoms with van der Waals surface area (Å²) in [6.07, 6.45) is 4.89. The van der Waals surface area contributed by atoms with Crippen molar-refractivity contribution in [3.63, 3.8) is 0 Å². The number of alkyl halides is 2. The third kappa shape index (κ3) is 3.01. The van der Waals surface area contributed by atoms with Crippen LogP contribution in [-0.4, -0.2) is 16.9 Å². The van der Waals surface area contributed by atoms with Gasteiger partial charge in [0.15, 0.2) is 0 Å². The zero-order chi connectivity index (χ0) is 11.5. The van der Waals surface area contributed by atoms with Crippen LogP contribution in [0.25, 0.3) is 0 Å². The average molecular weight is 253 g/mol. The largest absolute Gasteiger partial charge is 0.465 e. The molecule has 1 saturated carbocycles. The predicted molar refractivity (Wildman–Crippen MR) is 62.3 cm³/mol. The molecule has 15 heavy (non-hydrogen) atoms. The number of rotatable bonds is 6. The van der Waals surface area contributed by atoms with E-state index in [1.807, 2.05) is 0 Å². The molecule has 1 atom stereocenters. The van der Waals surface area contributed by atoms with E-state index in [1.165, 1.54) is 12.8 Å². The second-order valence-electron chi connectivity index (χ2n) is 4.41. The average Bonchev–Trinajstić information content (AvgIpc) is 2.67. The molecule has 0 saturated heterocycles. The number of halogens is 2. The molecule has 0 heterocycles. The number of ether oxygens (including phenoxy) is 1. The van der Waals surface area contributed by atoms with Gasteiger partial charge >= 0.3 is 5.97 Å². The fraction of sp³-hybridized carbons (Fsp3) is 0.909. The van der Waals surface area contributed by atoms with Crippen molar-refractivity contribution in [2.45, 2.75) is 50.3 Å². The number of hydrogen-bond acceptors (Lipinski definition) is 2. The summed E-state index contributed by atoms with van der Waals surface area (Å²) in [4.78, 5) is 11.6. The molecule has 0 bridgehead atoms. The molecule has 88 valence electrons. The smallest absolute Gasteiger partial charge is 0.314 e. The van der Waals surface area contributed by atoms with E-state index >= 15 is 0 Å². The second kappa shape index (κ2) is 4.92. The van der Waals surface area contributed by atoms with Gasteiger partial charge in [-0.25, -0.2) is 0 Å². The molecule has 1 fully saturated rings. The standard InChI is InChI=1S/C11H18Cl2O2/c1-3-4-5-6-7-15-9(14)10(2)8-11(10,12)13/h3-8H2,1-2H3. The Balaban J connectivity index is 2.15. The van der Waals surface area contributed by atoms with Crippen molar-refractivity contribution in [1.29, 1.82) is 0 Å². The van der Waals surface area contributed by atoms with E-state index in [0.717, 1.165) is 12.8 Å².